The second-order valence-electron chi connectivity index (χ2n) is 24.3. The standard InChI is InChI=1S/C64H121NO18/c1-3-5-7-9-11-13-15-16-17-18-19-20-21-22-23-24-25-26-27-28-29-30-32-33-35-37-39-41-48(69)47(65-52(70)42-40-38-36-34-31-14-12-10-8-6-4-2)46-78-62-58(76)55(73)60(50(44-67)80-62)83-64-59(77)56(74)61(51(45-68)81-64)82-63-57(75)54(72)53(71)49(43-66)79-63/h39,41,47-51,53-64,66-69,71-77H,3-38,40,42-46H2,1-2H3,(H,65,70)/b41-39+. The summed E-state index contributed by atoms with van der Waals surface area (Å²) in [4.78, 5) is 13.3. The van der Waals surface area contributed by atoms with E-state index < -0.39 is 124 Å². The molecule has 0 saturated carbocycles. The first-order chi connectivity index (χ1) is 40.3. The van der Waals surface area contributed by atoms with Crippen LogP contribution in [0.25, 0.3) is 0 Å². The predicted molar refractivity (Wildman–Crippen MR) is 319 cm³/mol. The van der Waals surface area contributed by atoms with Crippen molar-refractivity contribution in [2.24, 2.45) is 0 Å². The Morgan fingerprint density at radius 1 is 0.422 bits per heavy atom. The minimum absolute atomic E-state index is 0.248. The van der Waals surface area contributed by atoms with Crippen LogP contribution in [0.15, 0.2) is 12.2 Å². The Bertz CT molecular complexity index is 1560. The second kappa shape index (κ2) is 47.5. The van der Waals surface area contributed by atoms with E-state index in [1.165, 1.54) is 186 Å². The number of aliphatic hydroxyl groups excluding tert-OH is 11. The summed E-state index contributed by atoms with van der Waals surface area (Å²) in [7, 11) is 0. The van der Waals surface area contributed by atoms with E-state index in [-0.39, 0.29) is 18.9 Å². The molecule has 0 aromatic carbocycles. The van der Waals surface area contributed by atoms with Crippen LogP contribution in [0.4, 0.5) is 0 Å². The van der Waals surface area contributed by atoms with Gasteiger partial charge in [-0.1, -0.05) is 244 Å². The van der Waals surface area contributed by atoms with Gasteiger partial charge in [0.1, 0.15) is 73.2 Å². The first-order valence-electron chi connectivity index (χ1n) is 33.4. The number of unbranched alkanes of at least 4 members (excludes halogenated alkanes) is 35. The van der Waals surface area contributed by atoms with E-state index in [2.05, 4.69) is 19.2 Å². The maximum atomic E-state index is 13.3. The van der Waals surface area contributed by atoms with E-state index in [0.29, 0.717) is 6.42 Å². The Morgan fingerprint density at radius 2 is 0.747 bits per heavy atom. The van der Waals surface area contributed by atoms with E-state index in [0.717, 1.165) is 44.9 Å². The van der Waals surface area contributed by atoms with E-state index in [1.54, 1.807) is 6.08 Å². The lowest BCUT2D eigenvalue weighted by Crippen LogP contribution is -2.66. The van der Waals surface area contributed by atoms with Crippen LogP contribution >= 0.6 is 0 Å². The van der Waals surface area contributed by atoms with Crippen LogP contribution in [0, 0.1) is 0 Å². The third-order valence-corrected chi connectivity index (χ3v) is 17.1. The van der Waals surface area contributed by atoms with Crippen LogP contribution in [0.5, 0.6) is 0 Å². The van der Waals surface area contributed by atoms with Gasteiger partial charge in [0.15, 0.2) is 18.9 Å². The van der Waals surface area contributed by atoms with Gasteiger partial charge < -0.3 is 89.9 Å². The van der Waals surface area contributed by atoms with Crippen LogP contribution in [-0.4, -0.2) is 193 Å². The zero-order chi connectivity index (χ0) is 60.5. The van der Waals surface area contributed by atoms with Gasteiger partial charge in [-0.15, -0.1) is 0 Å². The molecule has 3 heterocycles. The SMILES string of the molecule is CCCCCCCCCCCCCCCCCCCCCCCCCCC/C=C/C(O)C(COC1OC(CO)C(OC2OC(CO)C(OC3OC(CO)C(O)C(O)C3O)C(O)C2O)C(O)C1O)NC(=O)CCCCCCCCCCCCC. The van der Waals surface area contributed by atoms with Crippen molar-refractivity contribution in [2.75, 3.05) is 26.4 Å². The molecular weight excluding hydrogens is 1070 g/mol. The van der Waals surface area contributed by atoms with E-state index in [1.807, 2.05) is 6.08 Å². The molecule has 0 spiro atoms. The summed E-state index contributed by atoms with van der Waals surface area (Å²) in [5.41, 5.74) is 0. The number of hydrogen-bond acceptors (Lipinski definition) is 18. The Hall–Kier alpha value is -1.47. The topological polar surface area (TPSA) is 307 Å². The zero-order valence-electron chi connectivity index (χ0n) is 51.4. The number of nitrogens with one attached hydrogen (secondary N) is 1. The van der Waals surface area contributed by atoms with Crippen molar-refractivity contribution in [3.63, 3.8) is 0 Å². The molecule has 0 bridgehead atoms. The molecule has 12 N–H and O–H groups in total. The lowest BCUT2D eigenvalue weighted by atomic mass is 9.96. The smallest absolute Gasteiger partial charge is 0.220 e. The van der Waals surface area contributed by atoms with Crippen LogP contribution in [0.3, 0.4) is 0 Å². The summed E-state index contributed by atoms with van der Waals surface area (Å²) in [5.74, 6) is -0.274. The minimum Gasteiger partial charge on any atom is -0.394 e. The molecule has 1 amide bonds. The predicted octanol–water partition coefficient (Wildman–Crippen LogP) is 7.72. The largest absolute Gasteiger partial charge is 0.394 e. The van der Waals surface area contributed by atoms with E-state index >= 15 is 0 Å². The second-order valence-corrected chi connectivity index (χ2v) is 24.3. The molecule has 3 aliphatic heterocycles. The van der Waals surface area contributed by atoms with Gasteiger partial charge in [0.05, 0.1) is 38.6 Å². The summed E-state index contributed by atoms with van der Waals surface area (Å²) in [6.07, 6.45) is 23.5. The van der Waals surface area contributed by atoms with E-state index in [4.69, 9.17) is 28.4 Å². The molecule has 83 heavy (non-hydrogen) atoms. The lowest BCUT2D eigenvalue weighted by molar-refractivity contribution is -0.379. The fourth-order valence-electron chi connectivity index (χ4n) is 11.6. The quantitative estimate of drug-likeness (QED) is 0.0205. The fourth-order valence-corrected chi connectivity index (χ4v) is 11.6. The maximum absolute atomic E-state index is 13.3. The zero-order valence-corrected chi connectivity index (χ0v) is 51.4. The maximum Gasteiger partial charge on any atom is 0.220 e. The highest BCUT2D eigenvalue weighted by molar-refractivity contribution is 5.76. The van der Waals surface area contributed by atoms with Crippen molar-refractivity contribution >= 4 is 5.91 Å². The van der Waals surface area contributed by atoms with Gasteiger partial charge in [0.2, 0.25) is 5.91 Å². The number of ether oxygens (including phenoxy) is 6. The Balaban J connectivity index is 1.41. The Kier molecular flexibility index (Phi) is 43.4. The molecule has 0 aromatic heterocycles. The van der Waals surface area contributed by atoms with Gasteiger partial charge in [-0.05, 0) is 19.3 Å². The molecule has 19 nitrogen and oxygen atoms in total. The normalized spacial score (nSPS) is 29.4. The van der Waals surface area contributed by atoms with Crippen molar-refractivity contribution in [2.45, 2.75) is 362 Å². The number of rotatable bonds is 51. The minimum atomic E-state index is -1.97. The highest BCUT2D eigenvalue weighted by atomic mass is 16.8. The lowest BCUT2D eigenvalue weighted by Gasteiger charge is -2.48. The molecular formula is C64H121NO18. The summed E-state index contributed by atoms with van der Waals surface area (Å²) in [5, 5.41) is 120. The van der Waals surface area contributed by atoms with Crippen molar-refractivity contribution in [3.05, 3.63) is 12.2 Å². The van der Waals surface area contributed by atoms with Crippen LogP contribution in [0.1, 0.15) is 258 Å². The van der Waals surface area contributed by atoms with Gasteiger partial charge in [0, 0.05) is 6.42 Å². The first-order valence-corrected chi connectivity index (χ1v) is 33.4. The number of carbonyl (C=O) groups excluding carboxylic acids is 1. The molecule has 3 aliphatic rings. The number of aliphatic hydroxyl groups is 11. The molecule has 0 aromatic rings. The summed E-state index contributed by atoms with van der Waals surface area (Å²) in [6, 6.07) is -0.967. The van der Waals surface area contributed by atoms with Crippen LogP contribution < -0.4 is 5.32 Å². The van der Waals surface area contributed by atoms with Gasteiger partial charge in [-0.3, -0.25) is 4.79 Å². The molecule has 0 radical (unpaired) electrons. The molecule has 17 atom stereocenters. The molecule has 19 heteroatoms. The third kappa shape index (κ3) is 30.5. The molecule has 490 valence electrons. The molecule has 3 fully saturated rings. The van der Waals surface area contributed by atoms with Crippen molar-refractivity contribution in [1.82, 2.24) is 5.32 Å². The molecule has 17 unspecified atom stereocenters. The first kappa shape index (κ1) is 75.8. The third-order valence-electron chi connectivity index (χ3n) is 17.1. The Labute approximate surface area is 499 Å². The number of hydrogen-bond donors (Lipinski definition) is 12. The highest BCUT2D eigenvalue weighted by Crippen LogP contribution is 2.33. The van der Waals surface area contributed by atoms with Gasteiger partial charge in [-0.2, -0.15) is 0 Å². The molecule has 3 rings (SSSR count). The average Bonchev–Trinajstić information content (AvgIpc) is 3.69. The van der Waals surface area contributed by atoms with Gasteiger partial charge in [0.25, 0.3) is 0 Å². The molecule has 3 saturated heterocycles. The molecule has 0 aliphatic carbocycles. The average molecular weight is 1190 g/mol. The van der Waals surface area contributed by atoms with Crippen LogP contribution in [0.2, 0.25) is 0 Å². The van der Waals surface area contributed by atoms with Crippen LogP contribution in [-0.2, 0) is 33.2 Å². The highest BCUT2D eigenvalue weighted by Gasteiger charge is 2.53. The summed E-state index contributed by atoms with van der Waals surface area (Å²) in [6.45, 7) is 1.74. The van der Waals surface area contributed by atoms with Gasteiger partial charge >= 0.3 is 0 Å². The number of amides is 1. The monoisotopic (exact) mass is 1190 g/mol. The fraction of sp³-hybridized carbons (Fsp3) is 0.953. The van der Waals surface area contributed by atoms with Crippen molar-refractivity contribution in [1.29, 1.82) is 0 Å². The van der Waals surface area contributed by atoms with Crippen molar-refractivity contribution in [3.8, 4) is 0 Å². The number of carbonyl (C=O) groups is 1. The van der Waals surface area contributed by atoms with Crippen molar-refractivity contribution < 1.29 is 89.4 Å². The van der Waals surface area contributed by atoms with E-state index in [9.17, 15) is 61.0 Å². The Morgan fingerprint density at radius 3 is 1.13 bits per heavy atom. The number of allylic oxidation sites excluding steroid dienone is 1. The summed E-state index contributed by atoms with van der Waals surface area (Å²) >= 11 is 0. The van der Waals surface area contributed by atoms with Gasteiger partial charge in [-0.25, -0.2) is 0 Å². The summed E-state index contributed by atoms with van der Waals surface area (Å²) < 4.78 is 34.3.